The van der Waals surface area contributed by atoms with Crippen LogP contribution in [0.2, 0.25) is 5.02 Å². The summed E-state index contributed by atoms with van der Waals surface area (Å²) in [6.07, 6.45) is 1.54. The molecule has 1 heterocycles. The van der Waals surface area contributed by atoms with Crippen LogP contribution in [0.15, 0.2) is 81.7 Å². The van der Waals surface area contributed by atoms with Crippen molar-refractivity contribution in [3.8, 4) is 17.0 Å². The number of hydrogen-bond donors (Lipinski definition) is 2. The topological polar surface area (TPSA) is 75.6 Å². The summed E-state index contributed by atoms with van der Waals surface area (Å²) < 4.78 is 6.19. The molecular weight excluding hydrogens is 524 g/mol. The number of nitrogens with one attached hydrogen (secondary N) is 2. The van der Waals surface area contributed by atoms with Gasteiger partial charge in [-0.05, 0) is 54.6 Å². The van der Waals surface area contributed by atoms with Gasteiger partial charge in [0.1, 0.15) is 5.75 Å². The quantitative estimate of drug-likeness (QED) is 0.201. The van der Waals surface area contributed by atoms with E-state index in [9.17, 15) is 4.79 Å². The molecule has 9 heteroatoms. The minimum atomic E-state index is -0.310. The smallest absolute Gasteiger partial charge is 0.271 e. The maximum absolute atomic E-state index is 12.4. The second-order valence-electron chi connectivity index (χ2n) is 6.83. The fourth-order valence-electron chi connectivity index (χ4n) is 2.94. The highest BCUT2D eigenvalue weighted by Gasteiger charge is 2.08. The van der Waals surface area contributed by atoms with Gasteiger partial charge in [0.25, 0.3) is 5.91 Å². The minimum absolute atomic E-state index is 0.310. The molecule has 0 saturated heterocycles. The summed E-state index contributed by atoms with van der Waals surface area (Å²) >= 11 is 10.8. The van der Waals surface area contributed by atoms with E-state index in [0.717, 1.165) is 32.1 Å². The molecule has 2 N–H and O–H groups in total. The minimum Gasteiger partial charge on any atom is -0.496 e. The third-order valence-corrected chi connectivity index (χ3v) is 6.11. The molecule has 0 spiro atoms. The highest BCUT2D eigenvalue weighted by Crippen LogP contribution is 2.28. The Morgan fingerprint density at radius 3 is 2.61 bits per heavy atom. The second kappa shape index (κ2) is 10.6. The van der Waals surface area contributed by atoms with E-state index in [1.54, 1.807) is 25.5 Å². The molecule has 1 amide bonds. The van der Waals surface area contributed by atoms with Crippen LogP contribution in [0.25, 0.3) is 11.3 Å². The van der Waals surface area contributed by atoms with E-state index in [1.807, 2.05) is 60.0 Å². The molecule has 4 aromatic rings. The lowest BCUT2D eigenvalue weighted by Gasteiger charge is -2.05. The summed E-state index contributed by atoms with van der Waals surface area (Å²) in [4.78, 5) is 17.1. The summed E-state index contributed by atoms with van der Waals surface area (Å²) in [5.74, 6) is 0.351. The van der Waals surface area contributed by atoms with Gasteiger partial charge < -0.3 is 10.1 Å². The van der Waals surface area contributed by atoms with Crippen LogP contribution in [0, 0.1) is 0 Å². The van der Waals surface area contributed by atoms with Crippen LogP contribution in [0.1, 0.15) is 15.9 Å². The number of nitrogens with zero attached hydrogens (tertiary/aromatic N) is 2. The Kier molecular flexibility index (Phi) is 7.39. The standard InChI is InChI=1S/C24H18BrClN4O2S/c1-32-22-11-6-18(25)12-17(22)13-27-30-23(31)16-4-2-15(3-5-16)21-14-33-24(29-21)28-20-9-7-19(26)8-10-20/h2-14H,1H3,(H,28,29)(H,30,31)/b27-13-. The number of anilines is 2. The summed E-state index contributed by atoms with van der Waals surface area (Å²) in [6, 6.07) is 20.2. The lowest BCUT2D eigenvalue weighted by atomic mass is 10.1. The molecule has 0 aliphatic carbocycles. The zero-order chi connectivity index (χ0) is 23.2. The first-order valence-corrected chi connectivity index (χ1v) is 11.8. The summed E-state index contributed by atoms with van der Waals surface area (Å²) in [5.41, 5.74) is 6.42. The van der Waals surface area contributed by atoms with Gasteiger partial charge in [-0.2, -0.15) is 5.10 Å². The summed E-state index contributed by atoms with van der Waals surface area (Å²) in [5, 5.41) is 10.7. The zero-order valence-electron chi connectivity index (χ0n) is 17.4. The number of methoxy groups -OCH3 is 1. The summed E-state index contributed by atoms with van der Waals surface area (Å²) in [6.45, 7) is 0. The lowest BCUT2D eigenvalue weighted by molar-refractivity contribution is 0.0955. The van der Waals surface area contributed by atoms with Crippen molar-refractivity contribution in [1.82, 2.24) is 10.4 Å². The zero-order valence-corrected chi connectivity index (χ0v) is 20.5. The molecule has 0 atom stereocenters. The Bertz CT molecular complexity index is 1290. The summed E-state index contributed by atoms with van der Waals surface area (Å²) in [7, 11) is 1.58. The van der Waals surface area contributed by atoms with Crippen molar-refractivity contribution in [3.63, 3.8) is 0 Å². The van der Waals surface area contributed by atoms with E-state index in [2.05, 4.69) is 36.8 Å². The first-order valence-electron chi connectivity index (χ1n) is 9.77. The molecule has 0 radical (unpaired) electrons. The fraction of sp³-hybridized carbons (Fsp3) is 0.0417. The van der Waals surface area contributed by atoms with Gasteiger partial charge in [-0.1, -0.05) is 39.7 Å². The Morgan fingerprint density at radius 1 is 1.12 bits per heavy atom. The van der Waals surface area contributed by atoms with E-state index in [4.69, 9.17) is 16.3 Å². The predicted octanol–water partition coefficient (Wildman–Crippen LogP) is 6.74. The third kappa shape index (κ3) is 5.98. The van der Waals surface area contributed by atoms with Crippen molar-refractivity contribution in [2.24, 2.45) is 5.10 Å². The van der Waals surface area contributed by atoms with Crippen molar-refractivity contribution in [2.45, 2.75) is 0 Å². The monoisotopic (exact) mass is 540 g/mol. The van der Waals surface area contributed by atoms with Crippen LogP contribution in [0.3, 0.4) is 0 Å². The van der Waals surface area contributed by atoms with Gasteiger partial charge in [-0.25, -0.2) is 10.4 Å². The van der Waals surface area contributed by atoms with E-state index in [1.165, 1.54) is 11.3 Å². The van der Waals surface area contributed by atoms with Gasteiger partial charge in [0.05, 0.1) is 19.0 Å². The average Bonchev–Trinajstić information content (AvgIpc) is 3.29. The number of hydrogen-bond acceptors (Lipinski definition) is 6. The number of carbonyl (C=O) groups is 1. The molecule has 1 aromatic heterocycles. The number of ether oxygens (including phenoxy) is 1. The van der Waals surface area contributed by atoms with Gasteiger partial charge in [0.2, 0.25) is 0 Å². The molecule has 0 bridgehead atoms. The number of thiazole rings is 1. The molecule has 3 aromatic carbocycles. The number of aromatic nitrogens is 1. The molecule has 33 heavy (non-hydrogen) atoms. The normalized spacial score (nSPS) is 10.9. The SMILES string of the molecule is COc1ccc(Br)cc1/C=N\NC(=O)c1ccc(-c2csc(Nc3ccc(Cl)cc3)n2)cc1. The number of amides is 1. The maximum atomic E-state index is 12.4. The molecule has 6 nitrogen and oxygen atoms in total. The molecule has 4 rings (SSSR count). The first kappa shape index (κ1) is 23.0. The number of carbonyl (C=O) groups excluding carboxylic acids is 1. The molecule has 0 fully saturated rings. The van der Waals surface area contributed by atoms with E-state index >= 15 is 0 Å². The van der Waals surface area contributed by atoms with Crippen LogP contribution < -0.4 is 15.5 Å². The van der Waals surface area contributed by atoms with E-state index in [-0.39, 0.29) is 5.91 Å². The van der Waals surface area contributed by atoms with Gasteiger partial charge in [0, 0.05) is 37.3 Å². The Balaban J connectivity index is 1.39. The molecule has 166 valence electrons. The molecular formula is C24H18BrClN4O2S. The van der Waals surface area contributed by atoms with Crippen molar-refractivity contribution < 1.29 is 9.53 Å². The Morgan fingerprint density at radius 2 is 1.88 bits per heavy atom. The van der Waals surface area contributed by atoms with Crippen LogP contribution in [-0.4, -0.2) is 24.2 Å². The fourth-order valence-corrected chi connectivity index (χ4v) is 4.19. The van der Waals surface area contributed by atoms with Crippen LogP contribution in [0.5, 0.6) is 5.75 Å². The van der Waals surface area contributed by atoms with Crippen molar-refractivity contribution in [2.75, 3.05) is 12.4 Å². The highest BCUT2D eigenvalue weighted by atomic mass is 79.9. The predicted molar refractivity (Wildman–Crippen MR) is 138 cm³/mol. The van der Waals surface area contributed by atoms with Crippen molar-refractivity contribution in [1.29, 1.82) is 0 Å². The molecule has 0 unspecified atom stereocenters. The largest absolute Gasteiger partial charge is 0.496 e. The molecule has 0 aliphatic rings. The van der Waals surface area contributed by atoms with Crippen LogP contribution in [-0.2, 0) is 0 Å². The highest BCUT2D eigenvalue weighted by molar-refractivity contribution is 9.10. The van der Waals surface area contributed by atoms with Crippen LogP contribution >= 0.6 is 38.9 Å². The van der Waals surface area contributed by atoms with E-state index in [0.29, 0.717) is 16.3 Å². The number of rotatable bonds is 7. The second-order valence-corrected chi connectivity index (χ2v) is 9.04. The van der Waals surface area contributed by atoms with Crippen LogP contribution in [0.4, 0.5) is 10.8 Å². The molecule has 0 aliphatic heterocycles. The van der Waals surface area contributed by atoms with Crippen molar-refractivity contribution in [3.05, 3.63) is 92.7 Å². The Hall–Kier alpha value is -3.20. The van der Waals surface area contributed by atoms with Gasteiger partial charge in [-0.15, -0.1) is 11.3 Å². The van der Waals surface area contributed by atoms with E-state index < -0.39 is 0 Å². The number of benzene rings is 3. The average molecular weight is 542 g/mol. The number of hydrazone groups is 1. The van der Waals surface area contributed by atoms with Crippen molar-refractivity contribution >= 4 is 61.8 Å². The Labute approximate surface area is 208 Å². The first-order chi connectivity index (χ1) is 16.0. The van der Waals surface area contributed by atoms with Gasteiger partial charge in [0.15, 0.2) is 5.13 Å². The third-order valence-electron chi connectivity index (χ3n) is 4.60. The maximum Gasteiger partial charge on any atom is 0.271 e. The van der Waals surface area contributed by atoms with Gasteiger partial charge in [-0.3, -0.25) is 4.79 Å². The number of halogens is 2. The van der Waals surface area contributed by atoms with Gasteiger partial charge >= 0.3 is 0 Å². The lowest BCUT2D eigenvalue weighted by Crippen LogP contribution is -2.17. The molecule has 0 saturated carbocycles.